The van der Waals surface area contributed by atoms with E-state index in [1.807, 2.05) is 48.0 Å². The third kappa shape index (κ3) is 2.85. The van der Waals surface area contributed by atoms with Crippen LogP contribution < -0.4 is 0 Å². The number of aryl methyl sites for hydroxylation is 1. The predicted octanol–water partition coefficient (Wildman–Crippen LogP) is 1.67. The van der Waals surface area contributed by atoms with Gasteiger partial charge in [-0.25, -0.2) is 0 Å². The number of hydrogen-bond acceptors (Lipinski definition) is 3. The third-order valence-electron chi connectivity index (χ3n) is 3.77. The Bertz CT molecular complexity index is 631. The number of amides is 1. The van der Waals surface area contributed by atoms with Crippen molar-refractivity contribution in [3.05, 3.63) is 30.2 Å². The molecule has 1 amide bonds. The Kier molecular flexibility index (Phi) is 3.79. The first-order valence-corrected chi connectivity index (χ1v) is 7.26. The molecule has 2 aromatic heterocycles. The molecule has 1 fully saturated rings. The first-order valence-electron chi connectivity index (χ1n) is 7.26. The van der Waals surface area contributed by atoms with Crippen LogP contribution >= 0.6 is 0 Å². The summed E-state index contributed by atoms with van der Waals surface area (Å²) in [5, 5.41) is 7.08. The van der Waals surface area contributed by atoms with Gasteiger partial charge in [-0.1, -0.05) is 0 Å². The van der Waals surface area contributed by atoms with Crippen LogP contribution in [-0.4, -0.2) is 51.4 Å². The molecule has 0 saturated carbocycles. The molecule has 3 rings (SSSR count). The number of hydrogen-bond donors (Lipinski definition) is 1. The second-order valence-corrected chi connectivity index (χ2v) is 5.35. The molecular formula is C15H20N4O2. The number of nitrogens with one attached hydrogen (secondary N) is 1. The number of nitrogens with zero attached hydrogens (tertiary/aromatic N) is 3. The average molecular weight is 288 g/mol. The van der Waals surface area contributed by atoms with Gasteiger partial charge >= 0.3 is 0 Å². The lowest BCUT2D eigenvalue weighted by atomic mass is 10.2. The summed E-state index contributed by atoms with van der Waals surface area (Å²) in [4.78, 5) is 14.3. The number of aromatic nitrogens is 3. The fraction of sp³-hybridized carbons (Fsp3) is 0.467. The van der Waals surface area contributed by atoms with Gasteiger partial charge in [0.2, 0.25) is 0 Å². The van der Waals surface area contributed by atoms with E-state index in [1.165, 1.54) is 0 Å². The van der Waals surface area contributed by atoms with E-state index in [1.54, 1.807) is 0 Å². The zero-order chi connectivity index (χ0) is 14.8. The summed E-state index contributed by atoms with van der Waals surface area (Å²) in [5.41, 5.74) is 2.33. The van der Waals surface area contributed by atoms with Crippen LogP contribution in [0, 0.1) is 0 Å². The van der Waals surface area contributed by atoms with Crippen molar-refractivity contribution >= 4 is 5.91 Å². The van der Waals surface area contributed by atoms with Crippen molar-refractivity contribution in [1.82, 2.24) is 19.7 Å². The molecule has 1 aliphatic heterocycles. The summed E-state index contributed by atoms with van der Waals surface area (Å²) in [6.07, 6.45) is 5.00. The summed E-state index contributed by atoms with van der Waals surface area (Å²) in [5.74, 6) is -0.00751. The smallest absolute Gasteiger partial charge is 0.271 e. The molecule has 0 unspecified atom stereocenters. The van der Waals surface area contributed by atoms with E-state index in [4.69, 9.17) is 4.74 Å². The molecule has 0 spiro atoms. The fourth-order valence-electron chi connectivity index (χ4n) is 2.69. The number of carbonyl (C=O) groups is 1. The Hall–Kier alpha value is -2.08. The maximum Gasteiger partial charge on any atom is 0.271 e. The fourth-order valence-corrected chi connectivity index (χ4v) is 2.69. The molecule has 0 bridgehead atoms. The zero-order valence-electron chi connectivity index (χ0n) is 12.4. The minimum Gasteiger partial charge on any atom is -0.377 e. The molecular weight excluding hydrogens is 268 g/mol. The van der Waals surface area contributed by atoms with Crippen LogP contribution in [-0.2, 0) is 11.8 Å². The molecule has 3 heterocycles. The van der Waals surface area contributed by atoms with Crippen molar-refractivity contribution in [3.8, 4) is 11.3 Å². The largest absolute Gasteiger partial charge is 0.377 e. The van der Waals surface area contributed by atoms with E-state index in [9.17, 15) is 4.79 Å². The van der Waals surface area contributed by atoms with Crippen LogP contribution in [0.4, 0.5) is 0 Å². The van der Waals surface area contributed by atoms with Gasteiger partial charge in [0.25, 0.3) is 5.91 Å². The quantitative estimate of drug-likeness (QED) is 0.930. The van der Waals surface area contributed by atoms with Crippen molar-refractivity contribution in [2.24, 2.45) is 7.05 Å². The SMILES string of the molecule is CCO[C@H]1CCN(C(=O)c2cc(-c3ccn(C)c3)n[nH]2)C1. The number of likely N-dealkylation sites (tertiary alicyclic amines) is 1. The lowest BCUT2D eigenvalue weighted by Crippen LogP contribution is -2.30. The molecule has 0 aromatic carbocycles. The van der Waals surface area contributed by atoms with Crippen molar-refractivity contribution in [2.45, 2.75) is 19.4 Å². The van der Waals surface area contributed by atoms with Gasteiger partial charge in [0.05, 0.1) is 11.8 Å². The first-order chi connectivity index (χ1) is 10.2. The van der Waals surface area contributed by atoms with Crippen LogP contribution in [0.1, 0.15) is 23.8 Å². The highest BCUT2D eigenvalue weighted by Crippen LogP contribution is 2.20. The number of carbonyl (C=O) groups excluding carboxylic acids is 1. The predicted molar refractivity (Wildman–Crippen MR) is 78.9 cm³/mol. The summed E-state index contributed by atoms with van der Waals surface area (Å²) < 4.78 is 7.53. The molecule has 21 heavy (non-hydrogen) atoms. The Labute approximate surface area is 123 Å². The van der Waals surface area contributed by atoms with Crippen molar-refractivity contribution in [1.29, 1.82) is 0 Å². The second-order valence-electron chi connectivity index (χ2n) is 5.35. The minimum absolute atomic E-state index is 0.00751. The average Bonchev–Trinajstić information content (AvgIpc) is 3.17. The number of H-pyrrole nitrogens is 1. The van der Waals surface area contributed by atoms with Crippen LogP contribution in [0.3, 0.4) is 0 Å². The molecule has 112 valence electrons. The summed E-state index contributed by atoms with van der Waals surface area (Å²) in [7, 11) is 1.96. The third-order valence-corrected chi connectivity index (χ3v) is 3.77. The molecule has 2 aromatic rings. The van der Waals surface area contributed by atoms with Crippen LogP contribution in [0.25, 0.3) is 11.3 Å². The lowest BCUT2D eigenvalue weighted by Gasteiger charge is -2.15. The van der Waals surface area contributed by atoms with Gasteiger partial charge in [-0.05, 0) is 25.5 Å². The maximum absolute atomic E-state index is 12.4. The molecule has 0 radical (unpaired) electrons. The van der Waals surface area contributed by atoms with Crippen molar-refractivity contribution < 1.29 is 9.53 Å². The molecule has 1 atom stereocenters. The number of rotatable bonds is 4. The van der Waals surface area contributed by atoms with Gasteiger partial charge in [-0.2, -0.15) is 5.10 Å². The van der Waals surface area contributed by atoms with Gasteiger partial charge in [0.1, 0.15) is 5.69 Å². The molecule has 0 aliphatic carbocycles. The van der Waals surface area contributed by atoms with E-state index < -0.39 is 0 Å². The summed E-state index contributed by atoms with van der Waals surface area (Å²) in [6, 6.07) is 3.79. The van der Waals surface area contributed by atoms with E-state index in [0.29, 0.717) is 18.8 Å². The first kappa shape index (κ1) is 13.9. The highest BCUT2D eigenvalue weighted by Gasteiger charge is 2.28. The van der Waals surface area contributed by atoms with E-state index in [0.717, 1.165) is 24.2 Å². The molecule has 6 heteroatoms. The van der Waals surface area contributed by atoms with Crippen LogP contribution in [0.15, 0.2) is 24.5 Å². The van der Waals surface area contributed by atoms with Gasteiger partial charge in [0.15, 0.2) is 0 Å². The van der Waals surface area contributed by atoms with Gasteiger partial charge in [-0.3, -0.25) is 9.89 Å². The van der Waals surface area contributed by atoms with Gasteiger partial charge in [-0.15, -0.1) is 0 Å². The summed E-state index contributed by atoms with van der Waals surface area (Å²) >= 11 is 0. The van der Waals surface area contributed by atoms with Crippen molar-refractivity contribution in [3.63, 3.8) is 0 Å². The molecule has 1 saturated heterocycles. The van der Waals surface area contributed by atoms with Gasteiger partial charge < -0.3 is 14.2 Å². The molecule has 1 N–H and O–H groups in total. The van der Waals surface area contributed by atoms with E-state index in [2.05, 4.69) is 10.2 Å². The Morgan fingerprint density at radius 1 is 1.57 bits per heavy atom. The van der Waals surface area contributed by atoms with Crippen LogP contribution in [0.2, 0.25) is 0 Å². The Balaban J connectivity index is 1.70. The topological polar surface area (TPSA) is 63.1 Å². The Morgan fingerprint density at radius 2 is 2.43 bits per heavy atom. The van der Waals surface area contributed by atoms with Gasteiger partial charge in [0, 0.05) is 44.7 Å². The standard InChI is InChI=1S/C15H20N4O2/c1-3-21-12-5-7-19(10-12)15(20)14-8-13(16-17-14)11-4-6-18(2)9-11/h4,6,8-9,12H,3,5,7,10H2,1-2H3,(H,16,17)/t12-/m0/s1. The van der Waals surface area contributed by atoms with Crippen molar-refractivity contribution in [2.75, 3.05) is 19.7 Å². The highest BCUT2D eigenvalue weighted by atomic mass is 16.5. The monoisotopic (exact) mass is 288 g/mol. The maximum atomic E-state index is 12.4. The van der Waals surface area contributed by atoms with E-state index in [-0.39, 0.29) is 12.0 Å². The summed E-state index contributed by atoms with van der Waals surface area (Å²) in [6.45, 7) is 4.07. The molecule has 1 aliphatic rings. The van der Waals surface area contributed by atoms with Crippen LogP contribution in [0.5, 0.6) is 0 Å². The zero-order valence-corrected chi connectivity index (χ0v) is 12.4. The molecule has 6 nitrogen and oxygen atoms in total. The Morgan fingerprint density at radius 3 is 3.14 bits per heavy atom. The number of ether oxygens (including phenoxy) is 1. The second kappa shape index (κ2) is 5.73. The van der Waals surface area contributed by atoms with E-state index >= 15 is 0 Å². The lowest BCUT2D eigenvalue weighted by molar-refractivity contribution is 0.0595. The minimum atomic E-state index is -0.00751. The highest BCUT2D eigenvalue weighted by molar-refractivity contribution is 5.93. The normalized spacial score (nSPS) is 18.4. The number of aromatic amines is 1.